The van der Waals surface area contributed by atoms with Crippen molar-refractivity contribution in [3.8, 4) is 0 Å². The Morgan fingerprint density at radius 3 is 2.66 bits per heavy atom. The predicted molar refractivity (Wildman–Crippen MR) is 108 cm³/mol. The molecule has 0 aromatic carbocycles. The number of ether oxygens (including phenoxy) is 1. The number of nitrogens with zero attached hydrogens (tertiary/aromatic N) is 4. The number of amides is 2. The number of nitrogens with two attached hydrogens (primary N) is 1. The zero-order valence-electron chi connectivity index (χ0n) is 16.7. The first-order valence-corrected chi connectivity index (χ1v) is 9.28. The van der Waals surface area contributed by atoms with Crippen LogP contribution in [0, 0.1) is 0 Å². The predicted octanol–water partition coefficient (Wildman–Crippen LogP) is 2.14. The minimum absolute atomic E-state index is 0.0487. The average molecular weight is 399 g/mol. The molecule has 2 aromatic heterocycles. The lowest BCUT2D eigenvalue weighted by Gasteiger charge is -2.24. The molecule has 2 amide bonds. The van der Waals surface area contributed by atoms with Crippen molar-refractivity contribution in [2.24, 2.45) is 5.73 Å². The summed E-state index contributed by atoms with van der Waals surface area (Å²) in [7, 11) is 0. The largest absolute Gasteiger partial charge is 0.444 e. The molecule has 1 aliphatic rings. The van der Waals surface area contributed by atoms with Crippen LogP contribution >= 0.6 is 0 Å². The van der Waals surface area contributed by atoms with Crippen LogP contribution in [0.15, 0.2) is 30.9 Å². The van der Waals surface area contributed by atoms with Crippen molar-refractivity contribution in [3.63, 3.8) is 0 Å². The van der Waals surface area contributed by atoms with Crippen LogP contribution in [0.25, 0.3) is 0 Å². The highest BCUT2D eigenvalue weighted by Gasteiger charge is 2.30. The summed E-state index contributed by atoms with van der Waals surface area (Å²) in [5.74, 6) is 0.419. The quantitative estimate of drug-likeness (QED) is 0.696. The number of pyridine rings is 1. The molecule has 154 valence electrons. The van der Waals surface area contributed by atoms with E-state index in [-0.39, 0.29) is 17.7 Å². The first kappa shape index (κ1) is 20.3. The van der Waals surface area contributed by atoms with E-state index >= 15 is 0 Å². The summed E-state index contributed by atoms with van der Waals surface area (Å²) in [6.45, 7) is 6.52. The Bertz CT molecular complexity index is 883. The Morgan fingerprint density at radius 2 is 2.00 bits per heavy atom. The first-order valence-electron chi connectivity index (χ1n) is 9.28. The van der Waals surface area contributed by atoms with Gasteiger partial charge in [-0.05, 0) is 27.2 Å². The molecule has 0 spiro atoms. The van der Waals surface area contributed by atoms with Gasteiger partial charge in [-0.2, -0.15) is 0 Å². The number of hydrogen-bond acceptors (Lipinski definition) is 8. The van der Waals surface area contributed by atoms with Crippen LogP contribution in [0.5, 0.6) is 0 Å². The first-order chi connectivity index (χ1) is 13.7. The summed E-state index contributed by atoms with van der Waals surface area (Å²) in [6.07, 6.45) is 6.46. The number of rotatable bonds is 5. The van der Waals surface area contributed by atoms with Gasteiger partial charge in [-0.1, -0.05) is 0 Å². The number of aromatic nitrogens is 3. The number of carbonyl (C=O) groups excluding carboxylic acids is 2. The molecule has 3 heterocycles. The summed E-state index contributed by atoms with van der Waals surface area (Å²) >= 11 is 0. The highest BCUT2D eigenvalue weighted by molar-refractivity contribution is 5.98. The number of anilines is 3. The molecule has 4 N–H and O–H groups in total. The van der Waals surface area contributed by atoms with Gasteiger partial charge in [-0.3, -0.25) is 9.78 Å². The number of hydrogen-bond donors (Lipinski definition) is 3. The van der Waals surface area contributed by atoms with E-state index in [1.807, 2.05) is 20.8 Å². The van der Waals surface area contributed by atoms with Crippen LogP contribution < -0.4 is 16.4 Å². The van der Waals surface area contributed by atoms with Gasteiger partial charge in [0.1, 0.15) is 17.2 Å². The van der Waals surface area contributed by atoms with Gasteiger partial charge < -0.3 is 26.0 Å². The zero-order chi connectivity index (χ0) is 21.0. The number of nitrogens with one attached hydrogen (secondary N) is 2. The maximum Gasteiger partial charge on any atom is 0.410 e. The van der Waals surface area contributed by atoms with Crippen molar-refractivity contribution < 1.29 is 14.3 Å². The van der Waals surface area contributed by atoms with Gasteiger partial charge in [0, 0.05) is 43.8 Å². The van der Waals surface area contributed by atoms with Gasteiger partial charge in [-0.25, -0.2) is 14.8 Å². The van der Waals surface area contributed by atoms with E-state index in [0.29, 0.717) is 36.8 Å². The minimum Gasteiger partial charge on any atom is -0.444 e. The summed E-state index contributed by atoms with van der Waals surface area (Å²) in [5.41, 5.74) is 5.75. The van der Waals surface area contributed by atoms with Crippen molar-refractivity contribution in [2.45, 2.75) is 38.8 Å². The molecule has 10 nitrogen and oxygen atoms in total. The van der Waals surface area contributed by atoms with E-state index < -0.39 is 11.5 Å². The molecule has 0 radical (unpaired) electrons. The lowest BCUT2D eigenvalue weighted by Crippen LogP contribution is -2.36. The average Bonchev–Trinajstić information content (AvgIpc) is 3.10. The molecule has 29 heavy (non-hydrogen) atoms. The Kier molecular flexibility index (Phi) is 5.81. The topological polar surface area (TPSA) is 135 Å². The summed E-state index contributed by atoms with van der Waals surface area (Å²) in [4.78, 5) is 38.1. The third kappa shape index (κ3) is 5.53. The molecule has 10 heteroatoms. The smallest absolute Gasteiger partial charge is 0.410 e. The maximum atomic E-state index is 12.3. The number of carbonyl (C=O) groups is 2. The molecule has 0 bridgehead atoms. The Morgan fingerprint density at radius 1 is 1.21 bits per heavy atom. The van der Waals surface area contributed by atoms with Crippen molar-refractivity contribution in [2.75, 3.05) is 23.7 Å². The van der Waals surface area contributed by atoms with Gasteiger partial charge >= 0.3 is 6.09 Å². The minimum atomic E-state index is -0.590. The van der Waals surface area contributed by atoms with Crippen LogP contribution in [0.4, 0.5) is 22.1 Å². The van der Waals surface area contributed by atoms with E-state index in [0.717, 1.165) is 0 Å². The van der Waals surface area contributed by atoms with Crippen LogP contribution in [0.1, 0.15) is 37.6 Å². The van der Waals surface area contributed by atoms with Crippen LogP contribution in [0.2, 0.25) is 0 Å². The highest BCUT2D eigenvalue weighted by atomic mass is 16.6. The molecule has 3 rings (SSSR count). The van der Waals surface area contributed by atoms with Gasteiger partial charge in [0.05, 0.1) is 17.4 Å². The maximum absolute atomic E-state index is 12.3. The van der Waals surface area contributed by atoms with E-state index in [1.165, 1.54) is 6.20 Å². The van der Waals surface area contributed by atoms with Crippen LogP contribution in [-0.4, -0.2) is 56.6 Å². The SMILES string of the molecule is CC(C)(C)OC(=O)N1CC[C@@H](Nc2cc(Nc3cnccn3)ncc2C(N)=O)C1. The highest BCUT2D eigenvalue weighted by Crippen LogP contribution is 2.24. The van der Waals surface area contributed by atoms with Crippen molar-refractivity contribution >= 4 is 29.3 Å². The second-order valence-electron chi connectivity index (χ2n) is 7.75. The standard InChI is InChI=1S/C19H25N7O3/c1-19(2,3)29-18(28)26-7-4-12(11-26)24-14-8-15(23-9-13(14)17(20)27)25-16-10-21-5-6-22-16/h5-6,8-10,12H,4,7,11H2,1-3H3,(H2,20,27)(H2,22,23,24,25)/t12-/m1/s1. The Balaban J connectivity index is 1.71. The van der Waals surface area contributed by atoms with Gasteiger partial charge in [0.2, 0.25) is 0 Å². The third-order valence-electron chi connectivity index (χ3n) is 4.19. The number of primary amides is 1. The van der Waals surface area contributed by atoms with Crippen LogP contribution in [0.3, 0.4) is 0 Å². The molecule has 0 unspecified atom stereocenters. The van der Waals surface area contributed by atoms with Crippen molar-refractivity contribution in [1.29, 1.82) is 0 Å². The van der Waals surface area contributed by atoms with E-state index in [1.54, 1.807) is 29.6 Å². The second kappa shape index (κ2) is 8.29. The lowest BCUT2D eigenvalue weighted by atomic mass is 10.1. The summed E-state index contributed by atoms with van der Waals surface area (Å²) < 4.78 is 5.42. The van der Waals surface area contributed by atoms with Gasteiger partial charge in [-0.15, -0.1) is 0 Å². The Hall–Kier alpha value is -3.43. The lowest BCUT2D eigenvalue weighted by molar-refractivity contribution is 0.0293. The third-order valence-corrected chi connectivity index (χ3v) is 4.19. The summed E-state index contributed by atoms with van der Waals surface area (Å²) in [5, 5.41) is 6.33. The fourth-order valence-corrected chi connectivity index (χ4v) is 2.92. The Labute approximate surface area is 168 Å². The zero-order valence-corrected chi connectivity index (χ0v) is 16.7. The molecule has 0 aliphatic carbocycles. The van der Waals surface area contributed by atoms with Crippen LogP contribution in [-0.2, 0) is 4.74 Å². The van der Waals surface area contributed by atoms with Crippen molar-refractivity contribution in [1.82, 2.24) is 19.9 Å². The molecular weight excluding hydrogens is 374 g/mol. The molecule has 1 saturated heterocycles. The molecule has 2 aromatic rings. The second-order valence-corrected chi connectivity index (χ2v) is 7.75. The molecule has 0 saturated carbocycles. The van der Waals surface area contributed by atoms with E-state index in [9.17, 15) is 9.59 Å². The number of likely N-dealkylation sites (tertiary alicyclic amines) is 1. The molecular formula is C19H25N7O3. The van der Waals surface area contributed by atoms with Crippen molar-refractivity contribution in [3.05, 3.63) is 36.4 Å². The monoisotopic (exact) mass is 399 g/mol. The van der Waals surface area contributed by atoms with E-state index in [4.69, 9.17) is 10.5 Å². The van der Waals surface area contributed by atoms with E-state index in [2.05, 4.69) is 25.6 Å². The van der Waals surface area contributed by atoms with Gasteiger partial charge in [0.25, 0.3) is 5.91 Å². The fourth-order valence-electron chi connectivity index (χ4n) is 2.92. The fraction of sp³-hybridized carbons (Fsp3) is 0.421. The molecule has 1 atom stereocenters. The molecule has 1 aliphatic heterocycles. The molecule has 1 fully saturated rings. The summed E-state index contributed by atoms with van der Waals surface area (Å²) in [6, 6.07) is 1.64. The normalized spacial score (nSPS) is 16.4. The van der Waals surface area contributed by atoms with Gasteiger partial charge in [0.15, 0.2) is 0 Å².